The van der Waals surface area contributed by atoms with Crippen molar-refractivity contribution in [1.82, 2.24) is 9.55 Å². The zero-order valence-corrected chi connectivity index (χ0v) is 11.7. The van der Waals surface area contributed by atoms with Gasteiger partial charge in [-0.15, -0.1) is 0 Å². The first-order chi connectivity index (χ1) is 8.84. The Kier molecular flexibility index (Phi) is 3.56. The Balaban J connectivity index is 2.66. The summed E-state index contributed by atoms with van der Waals surface area (Å²) in [7, 11) is -1.56. The van der Waals surface area contributed by atoms with E-state index in [0.29, 0.717) is 17.8 Å². The van der Waals surface area contributed by atoms with Gasteiger partial charge in [-0.1, -0.05) is 0 Å². The van der Waals surface area contributed by atoms with Gasteiger partial charge in [-0.3, -0.25) is 0 Å². The lowest BCUT2D eigenvalue weighted by Crippen LogP contribution is -2.31. The summed E-state index contributed by atoms with van der Waals surface area (Å²) < 4.78 is 7.52. The molecule has 0 atom stereocenters. The predicted octanol–water partition coefficient (Wildman–Crippen LogP) is 0.870. The highest BCUT2D eigenvalue weighted by atomic mass is 16.5. The van der Waals surface area contributed by atoms with Gasteiger partial charge in [0.1, 0.15) is 5.75 Å². The van der Waals surface area contributed by atoms with Crippen LogP contribution < -0.4 is 10.2 Å². The molecule has 2 rings (SSSR count). The lowest BCUT2D eigenvalue weighted by Gasteiger charge is -2.22. The summed E-state index contributed by atoms with van der Waals surface area (Å²) in [4.78, 5) is 4.31. The van der Waals surface area contributed by atoms with Crippen LogP contribution in [0.1, 0.15) is 27.7 Å². The molecule has 2 aromatic rings. The molecule has 0 radical (unpaired) electrons. The van der Waals surface area contributed by atoms with Gasteiger partial charge in [-0.2, -0.15) is 0 Å². The van der Waals surface area contributed by atoms with Gasteiger partial charge in [-0.05, 0) is 33.8 Å². The van der Waals surface area contributed by atoms with Crippen LogP contribution in [0.4, 0.5) is 0 Å². The van der Waals surface area contributed by atoms with Gasteiger partial charge in [0.25, 0.3) is 0 Å². The standard InChI is InChI=1S/C13H19BN2O3/c1-5-19-12-7-11-10(6-9(12)14(17)18)15-8-16(11)13(2,3)4/h6-8,17-18H,5H2,1-4H3. The maximum atomic E-state index is 9.40. The van der Waals surface area contributed by atoms with Crippen molar-refractivity contribution in [2.24, 2.45) is 0 Å². The highest BCUT2D eigenvalue weighted by molar-refractivity contribution is 6.60. The summed E-state index contributed by atoms with van der Waals surface area (Å²) in [5.74, 6) is 0.482. The summed E-state index contributed by atoms with van der Waals surface area (Å²) >= 11 is 0. The van der Waals surface area contributed by atoms with E-state index in [9.17, 15) is 10.0 Å². The minimum atomic E-state index is -1.56. The normalized spacial score (nSPS) is 11.9. The van der Waals surface area contributed by atoms with E-state index in [4.69, 9.17) is 4.74 Å². The maximum absolute atomic E-state index is 9.40. The van der Waals surface area contributed by atoms with E-state index in [2.05, 4.69) is 25.8 Å². The molecular formula is C13H19BN2O3. The lowest BCUT2D eigenvalue weighted by molar-refractivity contribution is 0.340. The number of benzene rings is 1. The average Bonchev–Trinajstić information content (AvgIpc) is 2.70. The number of aromatic nitrogens is 2. The van der Waals surface area contributed by atoms with E-state index in [1.165, 1.54) is 0 Å². The Bertz CT molecular complexity index is 587. The van der Waals surface area contributed by atoms with Crippen LogP contribution in [-0.4, -0.2) is 33.3 Å². The first-order valence-electron chi connectivity index (χ1n) is 6.35. The van der Waals surface area contributed by atoms with Crippen molar-refractivity contribution in [3.8, 4) is 5.75 Å². The largest absolute Gasteiger partial charge is 0.494 e. The minimum absolute atomic E-state index is 0.0996. The van der Waals surface area contributed by atoms with Gasteiger partial charge < -0.3 is 19.4 Å². The van der Waals surface area contributed by atoms with E-state index < -0.39 is 7.12 Å². The molecule has 0 fully saturated rings. The Morgan fingerprint density at radius 1 is 1.32 bits per heavy atom. The summed E-state index contributed by atoms with van der Waals surface area (Å²) in [5, 5.41) is 18.8. The molecule has 0 bridgehead atoms. The number of fused-ring (bicyclic) bond motifs is 1. The van der Waals surface area contributed by atoms with Crippen LogP contribution in [0.15, 0.2) is 18.5 Å². The minimum Gasteiger partial charge on any atom is -0.494 e. The highest BCUT2D eigenvalue weighted by Gasteiger charge is 2.22. The molecule has 5 nitrogen and oxygen atoms in total. The first-order valence-corrected chi connectivity index (χ1v) is 6.35. The molecule has 0 aliphatic rings. The fourth-order valence-corrected chi connectivity index (χ4v) is 2.07. The van der Waals surface area contributed by atoms with Gasteiger partial charge in [0.15, 0.2) is 0 Å². The number of hydrogen-bond acceptors (Lipinski definition) is 4. The van der Waals surface area contributed by atoms with E-state index in [0.717, 1.165) is 11.0 Å². The Hall–Kier alpha value is -1.53. The fraction of sp³-hybridized carbons (Fsp3) is 0.462. The number of ether oxygens (including phenoxy) is 1. The van der Waals surface area contributed by atoms with Gasteiger partial charge in [0.2, 0.25) is 0 Å². The molecule has 19 heavy (non-hydrogen) atoms. The average molecular weight is 262 g/mol. The zero-order chi connectivity index (χ0) is 14.2. The number of rotatable bonds is 3. The van der Waals surface area contributed by atoms with Gasteiger partial charge in [0.05, 0.1) is 24.0 Å². The van der Waals surface area contributed by atoms with Crippen LogP contribution in [0, 0.1) is 0 Å². The molecule has 102 valence electrons. The molecule has 1 heterocycles. The van der Waals surface area contributed by atoms with Gasteiger partial charge in [-0.25, -0.2) is 4.98 Å². The second-order valence-corrected chi connectivity index (χ2v) is 5.47. The predicted molar refractivity (Wildman–Crippen MR) is 75.7 cm³/mol. The maximum Gasteiger partial charge on any atom is 0.492 e. The van der Waals surface area contributed by atoms with Crippen LogP contribution in [0.3, 0.4) is 0 Å². The molecule has 0 saturated heterocycles. The second kappa shape index (κ2) is 4.87. The molecule has 1 aromatic carbocycles. The summed E-state index contributed by atoms with van der Waals surface area (Å²) in [6, 6.07) is 3.47. The van der Waals surface area contributed by atoms with Crippen molar-refractivity contribution in [2.45, 2.75) is 33.2 Å². The molecule has 2 N–H and O–H groups in total. The van der Waals surface area contributed by atoms with Crippen LogP contribution in [-0.2, 0) is 5.54 Å². The molecule has 0 aliphatic carbocycles. The second-order valence-electron chi connectivity index (χ2n) is 5.47. The van der Waals surface area contributed by atoms with Crippen LogP contribution in [0.25, 0.3) is 11.0 Å². The third-order valence-corrected chi connectivity index (χ3v) is 2.98. The van der Waals surface area contributed by atoms with Crippen molar-refractivity contribution >= 4 is 23.6 Å². The number of imidazole rings is 1. The third-order valence-electron chi connectivity index (χ3n) is 2.98. The monoisotopic (exact) mass is 262 g/mol. The van der Waals surface area contributed by atoms with Crippen molar-refractivity contribution in [3.63, 3.8) is 0 Å². The highest BCUT2D eigenvalue weighted by Crippen LogP contribution is 2.24. The molecule has 0 amide bonds. The van der Waals surface area contributed by atoms with E-state index in [1.807, 2.05) is 17.6 Å². The summed E-state index contributed by atoms with van der Waals surface area (Å²) in [6.45, 7) is 8.59. The Morgan fingerprint density at radius 2 is 2.00 bits per heavy atom. The number of nitrogens with zero attached hydrogens (tertiary/aromatic N) is 2. The van der Waals surface area contributed by atoms with Gasteiger partial charge in [0, 0.05) is 17.1 Å². The molecule has 0 saturated carbocycles. The van der Waals surface area contributed by atoms with Crippen LogP contribution >= 0.6 is 0 Å². The Labute approximate surface area is 113 Å². The summed E-state index contributed by atoms with van der Waals surface area (Å²) in [6.07, 6.45) is 1.76. The van der Waals surface area contributed by atoms with Crippen molar-refractivity contribution in [3.05, 3.63) is 18.5 Å². The Morgan fingerprint density at radius 3 is 2.53 bits per heavy atom. The fourth-order valence-electron chi connectivity index (χ4n) is 2.07. The van der Waals surface area contributed by atoms with Crippen molar-refractivity contribution < 1.29 is 14.8 Å². The van der Waals surface area contributed by atoms with E-state index in [-0.39, 0.29) is 5.54 Å². The van der Waals surface area contributed by atoms with E-state index >= 15 is 0 Å². The summed E-state index contributed by atoms with van der Waals surface area (Å²) in [5.41, 5.74) is 1.88. The quantitative estimate of drug-likeness (QED) is 0.805. The third kappa shape index (κ3) is 2.59. The lowest BCUT2D eigenvalue weighted by atomic mass is 9.79. The molecular weight excluding hydrogens is 243 g/mol. The van der Waals surface area contributed by atoms with E-state index in [1.54, 1.807) is 12.4 Å². The SMILES string of the molecule is CCOc1cc2c(cc1B(O)O)ncn2C(C)(C)C. The van der Waals surface area contributed by atoms with Crippen molar-refractivity contribution in [1.29, 1.82) is 0 Å². The molecule has 6 heteroatoms. The van der Waals surface area contributed by atoms with Gasteiger partial charge >= 0.3 is 7.12 Å². The van der Waals surface area contributed by atoms with Crippen LogP contribution in [0.5, 0.6) is 5.75 Å². The van der Waals surface area contributed by atoms with Crippen molar-refractivity contribution in [2.75, 3.05) is 6.61 Å². The number of hydrogen-bond donors (Lipinski definition) is 2. The molecule has 0 spiro atoms. The molecule has 0 aliphatic heterocycles. The topological polar surface area (TPSA) is 67.5 Å². The van der Waals surface area contributed by atoms with Crippen LogP contribution in [0.2, 0.25) is 0 Å². The molecule has 1 aromatic heterocycles. The zero-order valence-electron chi connectivity index (χ0n) is 11.7. The molecule has 0 unspecified atom stereocenters. The smallest absolute Gasteiger partial charge is 0.492 e. The first kappa shape index (κ1) is 13.9.